The largest absolute Gasteiger partial charge is 0.449 e. The number of nitrogens with one attached hydrogen (secondary N) is 1. The minimum atomic E-state index is -0.656. The van der Waals surface area contributed by atoms with Crippen molar-refractivity contribution in [3.63, 3.8) is 0 Å². The summed E-state index contributed by atoms with van der Waals surface area (Å²) in [5.74, 6) is 0.118. The van der Waals surface area contributed by atoms with Crippen LogP contribution in [0.3, 0.4) is 0 Å². The third kappa shape index (κ3) is 3.24. The van der Waals surface area contributed by atoms with Gasteiger partial charge in [-0.1, -0.05) is 23.7 Å². The summed E-state index contributed by atoms with van der Waals surface area (Å²) in [6.07, 6.45) is 0.759. The first-order chi connectivity index (χ1) is 11.0. The number of nitrogens with zero attached hydrogens (tertiary/aromatic N) is 3. The second-order valence-electron chi connectivity index (χ2n) is 4.87. The number of H-pyrrole nitrogens is 1. The quantitative estimate of drug-likeness (QED) is 0.736. The van der Waals surface area contributed by atoms with E-state index < -0.39 is 12.1 Å². The van der Waals surface area contributed by atoms with E-state index in [1.165, 1.54) is 6.20 Å². The lowest BCUT2D eigenvalue weighted by atomic mass is 10.1. The van der Waals surface area contributed by atoms with E-state index in [4.69, 9.17) is 20.8 Å². The molecule has 0 radical (unpaired) electrons. The van der Waals surface area contributed by atoms with Crippen molar-refractivity contribution in [2.24, 2.45) is 0 Å². The average Bonchev–Trinajstić information content (AvgIpc) is 3.17. The molecule has 7 nitrogen and oxygen atoms in total. The van der Waals surface area contributed by atoms with Crippen LogP contribution in [0.4, 0.5) is 0 Å². The summed E-state index contributed by atoms with van der Waals surface area (Å²) in [7, 11) is 0. The molecule has 0 aliphatic carbocycles. The van der Waals surface area contributed by atoms with Crippen LogP contribution in [0.1, 0.15) is 35.2 Å². The average molecular weight is 333 g/mol. The first-order valence-corrected chi connectivity index (χ1v) is 7.22. The van der Waals surface area contributed by atoms with Crippen molar-refractivity contribution >= 4 is 17.6 Å². The number of aryl methyl sites for hydroxylation is 1. The third-order valence-electron chi connectivity index (χ3n) is 3.17. The number of esters is 1. The van der Waals surface area contributed by atoms with Gasteiger partial charge in [0.1, 0.15) is 5.56 Å². The highest BCUT2D eigenvalue weighted by atomic mass is 35.5. The van der Waals surface area contributed by atoms with E-state index in [0.717, 1.165) is 5.56 Å². The van der Waals surface area contributed by atoms with Crippen molar-refractivity contribution < 1.29 is 13.9 Å². The second-order valence-corrected chi connectivity index (χ2v) is 5.31. The molecule has 3 rings (SSSR count). The van der Waals surface area contributed by atoms with Crippen molar-refractivity contribution in [1.82, 2.24) is 20.4 Å². The van der Waals surface area contributed by atoms with Crippen molar-refractivity contribution in [3.05, 3.63) is 52.8 Å². The van der Waals surface area contributed by atoms with Crippen LogP contribution in [0.25, 0.3) is 11.3 Å². The maximum absolute atomic E-state index is 12.4. The molecule has 1 atom stereocenters. The zero-order chi connectivity index (χ0) is 16.4. The third-order valence-corrected chi connectivity index (χ3v) is 3.42. The monoisotopic (exact) mass is 332 g/mol. The Morgan fingerprint density at radius 1 is 1.30 bits per heavy atom. The van der Waals surface area contributed by atoms with Crippen LogP contribution in [0.15, 0.2) is 34.9 Å². The molecule has 0 amide bonds. The molecule has 2 heterocycles. The molecule has 3 aromatic rings. The van der Waals surface area contributed by atoms with Crippen LogP contribution in [-0.4, -0.2) is 26.4 Å². The van der Waals surface area contributed by atoms with Gasteiger partial charge in [0.25, 0.3) is 5.89 Å². The number of hydrogen-bond acceptors (Lipinski definition) is 6. The van der Waals surface area contributed by atoms with Crippen molar-refractivity contribution in [2.75, 3.05) is 0 Å². The number of aromatic nitrogens is 4. The number of carbonyl (C=O) groups is 1. The van der Waals surface area contributed by atoms with E-state index in [0.29, 0.717) is 22.2 Å². The highest BCUT2D eigenvalue weighted by molar-refractivity contribution is 6.30. The van der Waals surface area contributed by atoms with Gasteiger partial charge in [-0.25, -0.2) is 4.79 Å². The number of halogens is 1. The van der Waals surface area contributed by atoms with Gasteiger partial charge in [0.15, 0.2) is 6.10 Å². The molecular formula is C15H13ClN4O3. The Labute approximate surface area is 136 Å². The summed E-state index contributed by atoms with van der Waals surface area (Å²) in [6.45, 7) is 3.33. The predicted octanol–water partition coefficient (Wildman–Crippen LogP) is 3.34. The molecule has 1 unspecified atom stereocenters. The van der Waals surface area contributed by atoms with E-state index in [1.54, 1.807) is 38.1 Å². The molecule has 23 heavy (non-hydrogen) atoms. The Kier molecular flexibility index (Phi) is 4.12. The molecule has 0 spiro atoms. The van der Waals surface area contributed by atoms with E-state index in [2.05, 4.69) is 20.4 Å². The lowest BCUT2D eigenvalue weighted by molar-refractivity contribution is 0.0278. The topological polar surface area (TPSA) is 93.9 Å². The highest BCUT2D eigenvalue weighted by Gasteiger charge is 2.22. The van der Waals surface area contributed by atoms with Gasteiger partial charge in [-0.2, -0.15) is 5.10 Å². The van der Waals surface area contributed by atoms with Gasteiger partial charge in [0.05, 0.1) is 11.9 Å². The smallest absolute Gasteiger partial charge is 0.342 e. The van der Waals surface area contributed by atoms with Gasteiger partial charge in [-0.15, -0.1) is 10.2 Å². The molecule has 0 fully saturated rings. The minimum Gasteiger partial charge on any atom is -0.449 e. The summed E-state index contributed by atoms with van der Waals surface area (Å²) < 4.78 is 10.6. The Bertz CT molecular complexity index is 825. The molecule has 8 heteroatoms. The molecule has 0 bridgehead atoms. The van der Waals surface area contributed by atoms with Crippen LogP contribution in [0.2, 0.25) is 5.02 Å². The maximum atomic E-state index is 12.4. The van der Waals surface area contributed by atoms with Gasteiger partial charge in [-0.3, -0.25) is 5.10 Å². The zero-order valence-electron chi connectivity index (χ0n) is 12.4. The first-order valence-electron chi connectivity index (χ1n) is 6.85. The van der Waals surface area contributed by atoms with E-state index in [1.807, 2.05) is 0 Å². The zero-order valence-corrected chi connectivity index (χ0v) is 13.2. The van der Waals surface area contributed by atoms with Gasteiger partial charge in [0.2, 0.25) is 5.89 Å². The van der Waals surface area contributed by atoms with E-state index >= 15 is 0 Å². The lowest BCUT2D eigenvalue weighted by Crippen LogP contribution is -2.10. The molecular weight excluding hydrogens is 320 g/mol. The Morgan fingerprint density at radius 2 is 2.04 bits per heavy atom. The number of benzene rings is 1. The summed E-state index contributed by atoms with van der Waals surface area (Å²) >= 11 is 5.87. The minimum absolute atomic E-state index is 0.243. The summed E-state index contributed by atoms with van der Waals surface area (Å²) in [5.41, 5.74) is 1.65. The van der Waals surface area contributed by atoms with Crippen LogP contribution < -0.4 is 0 Å². The summed E-state index contributed by atoms with van der Waals surface area (Å²) in [4.78, 5) is 12.4. The number of carbonyl (C=O) groups excluding carboxylic acids is 1. The fourth-order valence-electron chi connectivity index (χ4n) is 2.03. The number of aromatic amines is 1. The molecule has 2 aromatic heterocycles. The highest BCUT2D eigenvalue weighted by Crippen LogP contribution is 2.25. The number of rotatable bonds is 4. The van der Waals surface area contributed by atoms with Crippen LogP contribution in [0, 0.1) is 6.92 Å². The van der Waals surface area contributed by atoms with Crippen molar-refractivity contribution in [1.29, 1.82) is 0 Å². The Balaban J connectivity index is 1.81. The van der Waals surface area contributed by atoms with Crippen LogP contribution >= 0.6 is 11.6 Å². The molecule has 1 aromatic carbocycles. The summed E-state index contributed by atoms with van der Waals surface area (Å²) in [5, 5.41) is 14.9. The van der Waals surface area contributed by atoms with E-state index in [-0.39, 0.29) is 5.89 Å². The molecule has 0 saturated heterocycles. The molecule has 0 aliphatic rings. The molecule has 118 valence electrons. The lowest BCUT2D eigenvalue weighted by Gasteiger charge is -2.09. The molecule has 0 saturated carbocycles. The maximum Gasteiger partial charge on any atom is 0.342 e. The first kappa shape index (κ1) is 15.2. The molecule has 1 N–H and O–H groups in total. The van der Waals surface area contributed by atoms with Gasteiger partial charge >= 0.3 is 5.97 Å². The fraction of sp³-hybridized carbons (Fsp3) is 0.200. The fourth-order valence-corrected chi connectivity index (χ4v) is 2.15. The number of ether oxygens (including phenoxy) is 1. The van der Waals surface area contributed by atoms with Gasteiger partial charge in [0, 0.05) is 17.5 Å². The van der Waals surface area contributed by atoms with Crippen molar-refractivity contribution in [3.8, 4) is 11.3 Å². The second kappa shape index (κ2) is 6.21. The summed E-state index contributed by atoms with van der Waals surface area (Å²) in [6, 6.07) is 7.04. The normalized spacial score (nSPS) is 12.1. The van der Waals surface area contributed by atoms with E-state index in [9.17, 15) is 4.79 Å². The molecule has 0 aliphatic heterocycles. The van der Waals surface area contributed by atoms with Crippen LogP contribution in [-0.2, 0) is 4.74 Å². The SMILES string of the molecule is Cc1nnc(C(C)OC(=O)c2cn[nH]c2-c2ccc(Cl)cc2)o1. The van der Waals surface area contributed by atoms with Gasteiger partial charge < -0.3 is 9.15 Å². The standard InChI is InChI=1S/C15H13ClN4O3/c1-8(14-20-18-9(2)23-14)22-15(21)12-7-17-19-13(12)10-3-5-11(16)6-4-10/h3-8H,1-2H3,(H,17,19). The Morgan fingerprint density at radius 3 is 2.70 bits per heavy atom. The predicted molar refractivity (Wildman–Crippen MR) is 81.9 cm³/mol. The Hall–Kier alpha value is -2.67. The van der Waals surface area contributed by atoms with Gasteiger partial charge in [-0.05, 0) is 19.1 Å². The number of hydrogen-bond donors (Lipinski definition) is 1. The van der Waals surface area contributed by atoms with Crippen LogP contribution in [0.5, 0.6) is 0 Å². The van der Waals surface area contributed by atoms with Crippen molar-refractivity contribution in [2.45, 2.75) is 20.0 Å².